The zero-order valence-electron chi connectivity index (χ0n) is 23.1. The molecule has 3 heterocycles. The molecule has 212 valence electrons. The first-order chi connectivity index (χ1) is 21.0. The van der Waals surface area contributed by atoms with Gasteiger partial charge in [-0.2, -0.15) is 0 Å². The molecule has 3 aliphatic heterocycles. The minimum atomic E-state index is -1.47. The van der Waals surface area contributed by atoms with Crippen LogP contribution in [0, 0.1) is 11.7 Å². The number of carbonyl (C=O) groups is 3. The molecular weight excluding hydrogens is 543 g/mol. The fraction of sp³-hybridized carbons (Fsp3) is 0.139. The Kier molecular flexibility index (Phi) is 6.31. The Morgan fingerprint density at radius 3 is 2.47 bits per heavy atom. The van der Waals surface area contributed by atoms with E-state index in [9.17, 15) is 14.0 Å². The highest BCUT2D eigenvalue weighted by atomic mass is 19.1. The minimum Gasteiger partial charge on any atom is -0.489 e. The van der Waals surface area contributed by atoms with E-state index in [0.717, 1.165) is 11.1 Å². The Hall–Kier alpha value is -5.30. The first-order valence-electron chi connectivity index (χ1n) is 14.1. The van der Waals surface area contributed by atoms with Gasteiger partial charge < -0.3 is 15.0 Å². The van der Waals surface area contributed by atoms with Crippen LogP contribution >= 0.6 is 0 Å². The molecule has 4 aromatic rings. The number of carbonyl (C=O) groups excluding carboxylic acids is 3. The number of ketones is 2. The van der Waals surface area contributed by atoms with E-state index in [1.807, 2.05) is 65.7 Å². The van der Waals surface area contributed by atoms with Crippen molar-refractivity contribution in [1.82, 2.24) is 4.90 Å². The number of rotatable bonds is 7. The Labute approximate surface area is 248 Å². The summed E-state index contributed by atoms with van der Waals surface area (Å²) in [6.45, 7) is 3.89. The van der Waals surface area contributed by atoms with Gasteiger partial charge in [-0.15, -0.1) is 0 Å². The van der Waals surface area contributed by atoms with Crippen molar-refractivity contribution in [1.29, 1.82) is 0 Å². The number of anilines is 1. The molecule has 1 saturated heterocycles. The number of benzene rings is 4. The van der Waals surface area contributed by atoms with Crippen LogP contribution in [0.15, 0.2) is 116 Å². The molecule has 0 unspecified atom stereocenters. The van der Waals surface area contributed by atoms with E-state index < -0.39 is 35.0 Å². The second-order valence-corrected chi connectivity index (χ2v) is 10.9. The van der Waals surface area contributed by atoms with Crippen molar-refractivity contribution in [2.24, 2.45) is 5.92 Å². The lowest BCUT2D eigenvalue weighted by atomic mass is 9.62. The maximum Gasteiger partial charge on any atom is 0.238 e. The zero-order chi connectivity index (χ0) is 29.7. The van der Waals surface area contributed by atoms with Gasteiger partial charge >= 0.3 is 0 Å². The maximum absolute atomic E-state index is 15.1. The second kappa shape index (κ2) is 10.2. The zero-order valence-corrected chi connectivity index (χ0v) is 23.1. The molecule has 4 atom stereocenters. The van der Waals surface area contributed by atoms with Crippen LogP contribution in [-0.4, -0.2) is 35.0 Å². The summed E-state index contributed by atoms with van der Waals surface area (Å²) in [6.07, 6.45) is 5.29. The Morgan fingerprint density at radius 2 is 1.65 bits per heavy atom. The standard InChI is InChI=1S/C36H27FN2O4/c1-2-21-43-29-14-8-5-11-26(29)33(41)30-31(32(40)23-15-17-24(37)18-16-23)39-20-19-22-9-3-4-10-25(22)34(39)36(30)27-12-6-7-13-28(27)38-35(36)42/h2-20,30-31,34H,1,21H2,(H,38,42)/t30-,31-,34+,36+/m0/s1. The third-order valence-corrected chi connectivity index (χ3v) is 8.76. The average molecular weight is 571 g/mol. The van der Waals surface area contributed by atoms with Crippen LogP contribution in [0.4, 0.5) is 10.1 Å². The highest BCUT2D eigenvalue weighted by Gasteiger charge is 2.70. The lowest BCUT2D eigenvalue weighted by Gasteiger charge is -2.38. The number of halogens is 1. The van der Waals surface area contributed by atoms with Gasteiger partial charge in [-0.3, -0.25) is 14.4 Å². The first-order valence-corrected chi connectivity index (χ1v) is 14.1. The van der Waals surface area contributed by atoms with E-state index in [1.165, 1.54) is 24.3 Å². The van der Waals surface area contributed by atoms with Crippen molar-refractivity contribution in [2.75, 3.05) is 11.9 Å². The summed E-state index contributed by atoms with van der Waals surface area (Å²) < 4.78 is 19.8. The number of nitrogens with zero attached hydrogens (tertiary/aromatic N) is 1. The topological polar surface area (TPSA) is 75.7 Å². The SMILES string of the molecule is C=CCOc1ccccc1C(=O)[C@@H]1[C@@H](C(=O)c2ccc(F)cc2)N2C=Cc3ccccc3[C@@H]2[C@]12C(=O)Nc1ccccc12. The van der Waals surface area contributed by atoms with Gasteiger partial charge in [-0.25, -0.2) is 4.39 Å². The third-order valence-electron chi connectivity index (χ3n) is 8.76. The molecule has 7 rings (SSSR count). The third kappa shape index (κ3) is 3.88. The molecule has 6 nitrogen and oxygen atoms in total. The Bertz CT molecular complexity index is 1830. The van der Waals surface area contributed by atoms with Crippen LogP contribution < -0.4 is 10.1 Å². The number of hydrogen-bond donors (Lipinski definition) is 1. The van der Waals surface area contributed by atoms with Crippen molar-refractivity contribution in [3.8, 4) is 5.75 Å². The predicted molar refractivity (Wildman–Crippen MR) is 161 cm³/mol. The molecule has 0 radical (unpaired) electrons. The Balaban J connectivity index is 1.52. The molecular formula is C36H27FN2O4. The van der Waals surface area contributed by atoms with E-state index in [0.29, 0.717) is 17.0 Å². The fourth-order valence-electron chi connectivity index (χ4n) is 7.06. The van der Waals surface area contributed by atoms with Crippen molar-refractivity contribution >= 4 is 29.2 Å². The number of amides is 1. The molecule has 0 bridgehead atoms. The van der Waals surface area contributed by atoms with Gasteiger partial charge in [0.15, 0.2) is 11.6 Å². The van der Waals surface area contributed by atoms with Crippen molar-refractivity contribution in [3.05, 3.63) is 150 Å². The summed E-state index contributed by atoms with van der Waals surface area (Å²) in [4.78, 5) is 46.0. The summed E-state index contributed by atoms with van der Waals surface area (Å²) in [7, 11) is 0. The fourth-order valence-corrected chi connectivity index (χ4v) is 7.06. The summed E-state index contributed by atoms with van der Waals surface area (Å²) in [5, 5.41) is 3.04. The lowest BCUT2D eigenvalue weighted by molar-refractivity contribution is -0.122. The van der Waals surface area contributed by atoms with Gasteiger partial charge in [0.2, 0.25) is 5.91 Å². The van der Waals surface area contributed by atoms with Crippen LogP contribution in [0.3, 0.4) is 0 Å². The van der Waals surface area contributed by atoms with E-state index >= 15 is 4.79 Å². The van der Waals surface area contributed by atoms with Gasteiger partial charge in [0.1, 0.15) is 29.6 Å². The lowest BCUT2D eigenvalue weighted by Crippen LogP contribution is -2.49. The summed E-state index contributed by atoms with van der Waals surface area (Å²) in [5.41, 5.74) is 2.02. The number of fused-ring (bicyclic) bond motifs is 6. The second-order valence-electron chi connectivity index (χ2n) is 10.9. The number of para-hydroxylation sites is 2. The Morgan fingerprint density at radius 1 is 0.930 bits per heavy atom. The molecule has 0 saturated carbocycles. The van der Waals surface area contributed by atoms with Gasteiger partial charge in [-0.1, -0.05) is 67.3 Å². The van der Waals surface area contributed by atoms with E-state index in [2.05, 4.69) is 11.9 Å². The van der Waals surface area contributed by atoms with Crippen LogP contribution in [-0.2, 0) is 10.2 Å². The van der Waals surface area contributed by atoms with Crippen LogP contribution in [0.1, 0.15) is 43.4 Å². The molecule has 0 aromatic heterocycles. The maximum atomic E-state index is 15.1. The molecule has 7 heteroatoms. The van der Waals surface area contributed by atoms with Gasteiger partial charge in [0.25, 0.3) is 0 Å². The predicted octanol–water partition coefficient (Wildman–Crippen LogP) is 6.37. The summed E-state index contributed by atoms with van der Waals surface area (Å²) in [5.74, 6) is -2.44. The highest BCUT2D eigenvalue weighted by molar-refractivity contribution is 6.17. The first kappa shape index (κ1) is 26.6. The number of hydrogen-bond acceptors (Lipinski definition) is 5. The monoisotopic (exact) mass is 570 g/mol. The number of nitrogens with one attached hydrogen (secondary N) is 1. The van der Waals surface area contributed by atoms with Crippen LogP contribution in [0.2, 0.25) is 0 Å². The number of Topliss-reactive ketones (excluding diaryl/α,β-unsaturated/α-hetero) is 2. The van der Waals surface area contributed by atoms with E-state index in [4.69, 9.17) is 4.74 Å². The molecule has 3 aliphatic rings. The van der Waals surface area contributed by atoms with E-state index in [1.54, 1.807) is 30.3 Å². The van der Waals surface area contributed by atoms with Crippen LogP contribution in [0.25, 0.3) is 6.08 Å². The molecule has 4 aromatic carbocycles. The largest absolute Gasteiger partial charge is 0.489 e. The molecule has 0 aliphatic carbocycles. The summed E-state index contributed by atoms with van der Waals surface area (Å²) in [6, 6.07) is 25.4. The molecule has 43 heavy (non-hydrogen) atoms. The van der Waals surface area contributed by atoms with E-state index in [-0.39, 0.29) is 29.4 Å². The smallest absolute Gasteiger partial charge is 0.238 e. The van der Waals surface area contributed by atoms with Crippen molar-refractivity contribution in [2.45, 2.75) is 17.5 Å². The number of ether oxygens (including phenoxy) is 1. The summed E-state index contributed by atoms with van der Waals surface area (Å²) >= 11 is 0. The average Bonchev–Trinajstić information content (AvgIpc) is 3.52. The molecule has 1 N–H and O–H groups in total. The molecule has 1 amide bonds. The van der Waals surface area contributed by atoms with Gasteiger partial charge in [-0.05, 0) is 65.2 Å². The van der Waals surface area contributed by atoms with Gasteiger partial charge in [0, 0.05) is 17.5 Å². The van der Waals surface area contributed by atoms with Crippen molar-refractivity contribution < 1.29 is 23.5 Å². The quantitative estimate of drug-likeness (QED) is 0.206. The molecule has 1 spiro atoms. The van der Waals surface area contributed by atoms with Crippen LogP contribution in [0.5, 0.6) is 5.75 Å². The molecule has 1 fully saturated rings. The van der Waals surface area contributed by atoms with Crippen molar-refractivity contribution in [3.63, 3.8) is 0 Å². The van der Waals surface area contributed by atoms with Gasteiger partial charge in [0.05, 0.1) is 17.5 Å². The minimum absolute atomic E-state index is 0.173. The highest BCUT2D eigenvalue weighted by Crippen LogP contribution is 2.62. The normalized spacial score (nSPS) is 22.9.